The van der Waals surface area contributed by atoms with E-state index in [0.29, 0.717) is 0 Å². The fourth-order valence-electron chi connectivity index (χ4n) is 3.07. The monoisotopic (exact) mass is 280 g/mol. The minimum atomic E-state index is 0.282. The Labute approximate surface area is 127 Å². The largest absolute Gasteiger partial charge is 0.367 e. The topological polar surface area (TPSA) is 29.3 Å². The average Bonchev–Trinajstić information content (AvgIpc) is 2.90. The van der Waals surface area contributed by atoms with Gasteiger partial charge in [0.25, 0.3) is 0 Å². The van der Waals surface area contributed by atoms with Crippen molar-refractivity contribution in [3.8, 4) is 0 Å². The first-order valence-corrected chi connectivity index (χ1v) is 7.92. The molecule has 2 heteroatoms. The third kappa shape index (κ3) is 3.27. The normalized spacial score (nSPS) is 15.0. The molecule has 0 amide bonds. The number of rotatable bonds is 5. The van der Waals surface area contributed by atoms with Crippen molar-refractivity contribution in [3.63, 3.8) is 0 Å². The molecule has 21 heavy (non-hydrogen) atoms. The van der Waals surface area contributed by atoms with Gasteiger partial charge in [0.1, 0.15) is 0 Å². The van der Waals surface area contributed by atoms with Crippen molar-refractivity contribution < 1.29 is 0 Å². The van der Waals surface area contributed by atoms with Crippen molar-refractivity contribution in [3.05, 3.63) is 65.2 Å². The Kier molecular flexibility index (Phi) is 4.26. The maximum absolute atomic E-state index is 6.07. The van der Waals surface area contributed by atoms with Gasteiger partial charge in [-0.3, -0.25) is 0 Å². The summed E-state index contributed by atoms with van der Waals surface area (Å²) in [4.78, 5) is 2.48. The third-order valence-electron chi connectivity index (χ3n) is 4.37. The van der Waals surface area contributed by atoms with Crippen LogP contribution in [0.1, 0.15) is 30.0 Å². The summed E-state index contributed by atoms with van der Waals surface area (Å²) in [6.07, 6.45) is 3.18. The van der Waals surface area contributed by atoms with E-state index in [1.807, 2.05) is 0 Å². The Morgan fingerprint density at radius 2 is 1.90 bits per heavy atom. The van der Waals surface area contributed by atoms with Gasteiger partial charge in [0, 0.05) is 24.8 Å². The van der Waals surface area contributed by atoms with Crippen LogP contribution in [-0.2, 0) is 19.4 Å². The number of hydrogen-bond acceptors (Lipinski definition) is 2. The summed E-state index contributed by atoms with van der Waals surface area (Å²) in [6, 6.07) is 17.9. The number of nitrogens with two attached hydrogens (primary N) is 1. The van der Waals surface area contributed by atoms with Crippen LogP contribution in [0.2, 0.25) is 0 Å². The van der Waals surface area contributed by atoms with Gasteiger partial charge in [0.05, 0.1) is 0 Å². The van der Waals surface area contributed by atoms with E-state index < -0.39 is 0 Å². The zero-order valence-electron chi connectivity index (χ0n) is 12.8. The molecular formula is C19H24N2. The lowest BCUT2D eigenvalue weighted by atomic mass is 10.0. The Balaban J connectivity index is 1.74. The highest BCUT2D eigenvalue weighted by atomic mass is 15.1. The summed E-state index contributed by atoms with van der Waals surface area (Å²) in [5.41, 5.74) is 11.7. The molecule has 110 valence electrons. The molecule has 0 radical (unpaired) electrons. The molecule has 3 rings (SSSR count). The molecule has 2 aromatic rings. The molecule has 2 N–H and O–H groups in total. The molecule has 1 atom stereocenters. The van der Waals surface area contributed by atoms with Crippen LogP contribution in [0.15, 0.2) is 48.5 Å². The lowest BCUT2D eigenvalue weighted by Crippen LogP contribution is -2.21. The van der Waals surface area contributed by atoms with Crippen molar-refractivity contribution in [2.75, 3.05) is 11.4 Å². The van der Waals surface area contributed by atoms with Crippen molar-refractivity contribution in [2.45, 2.75) is 38.8 Å². The fourth-order valence-corrected chi connectivity index (χ4v) is 3.07. The smallest absolute Gasteiger partial charge is 0.0429 e. The predicted octanol–water partition coefficient (Wildman–Crippen LogP) is 3.53. The van der Waals surface area contributed by atoms with Gasteiger partial charge in [-0.2, -0.15) is 0 Å². The van der Waals surface area contributed by atoms with Gasteiger partial charge in [-0.05, 0) is 42.0 Å². The van der Waals surface area contributed by atoms with Crippen molar-refractivity contribution in [1.29, 1.82) is 0 Å². The first-order valence-electron chi connectivity index (χ1n) is 7.92. The Hall–Kier alpha value is -1.80. The van der Waals surface area contributed by atoms with Crippen LogP contribution < -0.4 is 10.6 Å². The van der Waals surface area contributed by atoms with Gasteiger partial charge in [-0.1, -0.05) is 49.4 Å². The first kappa shape index (κ1) is 14.2. The predicted molar refractivity (Wildman–Crippen MR) is 89.6 cm³/mol. The maximum atomic E-state index is 6.07. The summed E-state index contributed by atoms with van der Waals surface area (Å²) in [7, 11) is 0. The van der Waals surface area contributed by atoms with Crippen molar-refractivity contribution in [2.24, 2.45) is 5.73 Å². The minimum absolute atomic E-state index is 0.282. The lowest BCUT2D eigenvalue weighted by Gasteiger charge is -2.20. The molecule has 1 heterocycles. The molecule has 1 aliphatic heterocycles. The highest BCUT2D eigenvalue weighted by molar-refractivity contribution is 5.59. The average molecular weight is 280 g/mol. The van der Waals surface area contributed by atoms with Crippen LogP contribution in [0.5, 0.6) is 0 Å². The third-order valence-corrected chi connectivity index (χ3v) is 4.37. The second kappa shape index (κ2) is 6.31. The van der Waals surface area contributed by atoms with Gasteiger partial charge in [-0.25, -0.2) is 0 Å². The number of hydrogen-bond donors (Lipinski definition) is 1. The SMILES string of the molecule is CC[C@H](N)Cc1ccc2c(c1)CCN2Cc1ccccc1. The Morgan fingerprint density at radius 3 is 2.67 bits per heavy atom. The minimum Gasteiger partial charge on any atom is -0.367 e. The molecule has 0 fully saturated rings. The molecule has 0 saturated carbocycles. The van der Waals surface area contributed by atoms with E-state index in [0.717, 1.165) is 32.4 Å². The Bertz CT molecular complexity index is 592. The van der Waals surface area contributed by atoms with Crippen molar-refractivity contribution in [1.82, 2.24) is 0 Å². The molecule has 0 aliphatic carbocycles. The highest BCUT2D eigenvalue weighted by Crippen LogP contribution is 2.30. The molecule has 2 aromatic carbocycles. The van der Waals surface area contributed by atoms with E-state index in [-0.39, 0.29) is 6.04 Å². The molecule has 0 bridgehead atoms. The molecule has 0 spiro atoms. The van der Waals surface area contributed by atoms with E-state index >= 15 is 0 Å². The van der Waals surface area contributed by atoms with Gasteiger partial charge < -0.3 is 10.6 Å². The van der Waals surface area contributed by atoms with Gasteiger partial charge in [0.15, 0.2) is 0 Å². The first-order chi connectivity index (χ1) is 10.3. The number of nitrogens with zero attached hydrogens (tertiary/aromatic N) is 1. The van der Waals surface area contributed by atoms with Crippen LogP contribution in [0.25, 0.3) is 0 Å². The van der Waals surface area contributed by atoms with E-state index in [4.69, 9.17) is 5.73 Å². The van der Waals surface area contributed by atoms with Crippen LogP contribution in [0.4, 0.5) is 5.69 Å². The maximum Gasteiger partial charge on any atom is 0.0429 e. The molecule has 0 aromatic heterocycles. The summed E-state index contributed by atoms with van der Waals surface area (Å²) in [5, 5.41) is 0. The molecular weight excluding hydrogens is 256 g/mol. The Morgan fingerprint density at radius 1 is 1.10 bits per heavy atom. The second-order valence-electron chi connectivity index (χ2n) is 5.99. The summed E-state index contributed by atoms with van der Waals surface area (Å²) in [6.45, 7) is 4.27. The highest BCUT2D eigenvalue weighted by Gasteiger charge is 2.19. The second-order valence-corrected chi connectivity index (χ2v) is 5.99. The van der Waals surface area contributed by atoms with Gasteiger partial charge >= 0.3 is 0 Å². The van der Waals surface area contributed by atoms with E-state index in [2.05, 4.69) is 60.4 Å². The number of benzene rings is 2. The fraction of sp³-hybridized carbons (Fsp3) is 0.368. The van der Waals surface area contributed by atoms with Gasteiger partial charge in [0.2, 0.25) is 0 Å². The van der Waals surface area contributed by atoms with Crippen LogP contribution >= 0.6 is 0 Å². The zero-order chi connectivity index (χ0) is 14.7. The standard InChI is InChI=1S/C19H24N2/c1-2-18(20)13-16-8-9-19-17(12-16)10-11-21(19)14-15-6-4-3-5-7-15/h3-9,12,18H,2,10-11,13-14,20H2,1H3/t18-/m0/s1. The molecule has 2 nitrogen and oxygen atoms in total. The molecule has 0 unspecified atom stereocenters. The van der Waals surface area contributed by atoms with Crippen LogP contribution in [0, 0.1) is 0 Å². The molecule has 0 saturated heterocycles. The molecule has 1 aliphatic rings. The van der Waals surface area contributed by atoms with E-state index in [1.165, 1.54) is 22.4 Å². The van der Waals surface area contributed by atoms with Gasteiger partial charge in [-0.15, -0.1) is 0 Å². The summed E-state index contributed by atoms with van der Waals surface area (Å²) >= 11 is 0. The number of anilines is 1. The van der Waals surface area contributed by atoms with E-state index in [1.54, 1.807) is 0 Å². The summed E-state index contributed by atoms with van der Waals surface area (Å²) in [5.74, 6) is 0. The zero-order valence-corrected chi connectivity index (χ0v) is 12.8. The lowest BCUT2D eigenvalue weighted by molar-refractivity contribution is 0.646. The number of fused-ring (bicyclic) bond motifs is 1. The van der Waals surface area contributed by atoms with E-state index in [9.17, 15) is 0 Å². The quantitative estimate of drug-likeness (QED) is 0.908. The summed E-state index contributed by atoms with van der Waals surface area (Å²) < 4.78 is 0. The van der Waals surface area contributed by atoms with Crippen LogP contribution in [-0.4, -0.2) is 12.6 Å². The van der Waals surface area contributed by atoms with Crippen LogP contribution in [0.3, 0.4) is 0 Å². The van der Waals surface area contributed by atoms with Crippen molar-refractivity contribution >= 4 is 5.69 Å².